The van der Waals surface area contributed by atoms with Crippen LogP contribution in [0.25, 0.3) is 0 Å². The normalized spacial score (nSPS) is 20.4. The van der Waals surface area contributed by atoms with Crippen LogP contribution in [0.5, 0.6) is 0 Å². The third-order valence-electron chi connectivity index (χ3n) is 3.00. The first-order valence-corrected chi connectivity index (χ1v) is 6.43. The van der Waals surface area contributed by atoms with Crippen molar-refractivity contribution in [1.82, 2.24) is 5.32 Å². The van der Waals surface area contributed by atoms with E-state index in [0.717, 1.165) is 5.56 Å². The number of carbonyl (C=O) groups excluding carboxylic acids is 3. The number of carbonyl (C=O) groups is 3. The van der Waals surface area contributed by atoms with E-state index in [0.29, 0.717) is 0 Å². The van der Waals surface area contributed by atoms with Crippen molar-refractivity contribution in [3.63, 3.8) is 0 Å². The largest absolute Gasteiger partial charge is 0.457 e. The standard InChI is InChI=1S/C15H15NO5/c1-9(12-15(19)21-10(2)13(17)16-12)14(18)20-8-11-6-4-3-5-7-11/h3-7,10H,8H2,1-2H3,(H,16,17)/b12-9-. The number of nitrogens with one attached hydrogen (secondary N) is 1. The summed E-state index contributed by atoms with van der Waals surface area (Å²) >= 11 is 0. The molecule has 0 radical (unpaired) electrons. The SMILES string of the molecule is C/C(C(=O)OCc1ccccc1)=C1/NC(=O)C(C)OC1=O. The summed E-state index contributed by atoms with van der Waals surface area (Å²) in [4.78, 5) is 35.1. The van der Waals surface area contributed by atoms with Crippen molar-refractivity contribution in [3.05, 3.63) is 47.2 Å². The minimum Gasteiger partial charge on any atom is -0.457 e. The molecule has 1 aliphatic heterocycles. The van der Waals surface area contributed by atoms with Crippen molar-refractivity contribution >= 4 is 17.8 Å². The summed E-state index contributed by atoms with van der Waals surface area (Å²) < 4.78 is 9.93. The van der Waals surface area contributed by atoms with Gasteiger partial charge in [-0.25, -0.2) is 9.59 Å². The second-order valence-corrected chi connectivity index (χ2v) is 4.60. The summed E-state index contributed by atoms with van der Waals surface area (Å²) in [5.74, 6) is -1.89. The van der Waals surface area contributed by atoms with E-state index in [9.17, 15) is 14.4 Å². The highest BCUT2D eigenvalue weighted by molar-refractivity contribution is 6.05. The third-order valence-corrected chi connectivity index (χ3v) is 3.00. The number of benzene rings is 1. The molecule has 21 heavy (non-hydrogen) atoms. The fourth-order valence-corrected chi connectivity index (χ4v) is 1.73. The molecule has 6 heteroatoms. The van der Waals surface area contributed by atoms with E-state index < -0.39 is 23.9 Å². The Balaban J connectivity index is 2.06. The van der Waals surface area contributed by atoms with E-state index in [1.165, 1.54) is 13.8 Å². The number of hydrogen-bond acceptors (Lipinski definition) is 5. The molecule has 1 unspecified atom stereocenters. The average molecular weight is 289 g/mol. The molecule has 1 N–H and O–H groups in total. The van der Waals surface area contributed by atoms with Crippen molar-refractivity contribution in [3.8, 4) is 0 Å². The lowest BCUT2D eigenvalue weighted by atomic mass is 10.2. The second-order valence-electron chi connectivity index (χ2n) is 4.60. The molecule has 0 spiro atoms. The predicted molar refractivity (Wildman–Crippen MR) is 72.6 cm³/mol. The molecule has 1 aromatic rings. The number of hydrogen-bond donors (Lipinski definition) is 1. The maximum absolute atomic E-state index is 11.9. The number of amides is 1. The molecule has 1 aliphatic rings. The van der Waals surface area contributed by atoms with E-state index in [4.69, 9.17) is 9.47 Å². The highest BCUT2D eigenvalue weighted by Gasteiger charge is 2.31. The van der Waals surface area contributed by atoms with Gasteiger partial charge in [-0.3, -0.25) is 4.79 Å². The van der Waals surface area contributed by atoms with Gasteiger partial charge in [0.2, 0.25) is 0 Å². The van der Waals surface area contributed by atoms with Crippen LogP contribution < -0.4 is 5.32 Å². The van der Waals surface area contributed by atoms with Gasteiger partial charge in [-0.1, -0.05) is 30.3 Å². The second kappa shape index (κ2) is 6.21. The Bertz CT molecular complexity index is 606. The zero-order valence-electron chi connectivity index (χ0n) is 11.7. The molecule has 0 bridgehead atoms. The Kier molecular flexibility index (Phi) is 4.37. The number of cyclic esters (lactones) is 1. The van der Waals surface area contributed by atoms with Crippen molar-refractivity contribution in [2.75, 3.05) is 0 Å². The van der Waals surface area contributed by atoms with Gasteiger partial charge in [0.1, 0.15) is 12.3 Å². The topological polar surface area (TPSA) is 81.7 Å². The molecular formula is C15H15NO5. The highest BCUT2D eigenvalue weighted by atomic mass is 16.6. The number of morpholine rings is 1. The van der Waals surface area contributed by atoms with Crippen molar-refractivity contribution < 1.29 is 23.9 Å². The molecule has 0 aliphatic carbocycles. The van der Waals surface area contributed by atoms with Gasteiger partial charge in [-0.2, -0.15) is 0 Å². The van der Waals surface area contributed by atoms with Crippen LogP contribution in [0.3, 0.4) is 0 Å². The van der Waals surface area contributed by atoms with Gasteiger partial charge in [0.25, 0.3) is 5.91 Å². The molecule has 0 saturated carbocycles. The van der Waals surface area contributed by atoms with Gasteiger partial charge in [-0.05, 0) is 19.4 Å². The lowest BCUT2D eigenvalue weighted by Gasteiger charge is -2.22. The summed E-state index contributed by atoms with van der Waals surface area (Å²) in [6, 6.07) is 9.14. The van der Waals surface area contributed by atoms with Gasteiger partial charge >= 0.3 is 11.9 Å². The number of ether oxygens (including phenoxy) is 2. The van der Waals surface area contributed by atoms with Gasteiger partial charge in [-0.15, -0.1) is 0 Å². The van der Waals surface area contributed by atoms with E-state index >= 15 is 0 Å². The molecule has 1 fully saturated rings. The summed E-state index contributed by atoms with van der Waals surface area (Å²) in [6.07, 6.45) is -0.866. The molecule has 1 heterocycles. The van der Waals surface area contributed by atoms with Crippen LogP contribution >= 0.6 is 0 Å². The molecule has 1 atom stereocenters. The first-order chi connectivity index (χ1) is 9.99. The van der Waals surface area contributed by atoms with Crippen molar-refractivity contribution in [2.24, 2.45) is 0 Å². The molecule has 110 valence electrons. The van der Waals surface area contributed by atoms with Crippen LogP contribution in [0.1, 0.15) is 19.4 Å². The van der Waals surface area contributed by atoms with Crippen LogP contribution in [0.15, 0.2) is 41.6 Å². The van der Waals surface area contributed by atoms with Gasteiger partial charge in [0.15, 0.2) is 6.10 Å². The smallest absolute Gasteiger partial charge is 0.356 e. The summed E-state index contributed by atoms with van der Waals surface area (Å²) in [5.41, 5.74) is 0.667. The van der Waals surface area contributed by atoms with Crippen molar-refractivity contribution in [1.29, 1.82) is 0 Å². The zero-order chi connectivity index (χ0) is 15.4. The minimum atomic E-state index is -0.866. The van der Waals surface area contributed by atoms with Gasteiger partial charge in [0.05, 0.1) is 5.57 Å². The molecule has 1 aromatic carbocycles. The van der Waals surface area contributed by atoms with E-state index in [-0.39, 0.29) is 17.9 Å². The number of rotatable bonds is 3. The molecule has 2 rings (SSSR count). The third kappa shape index (κ3) is 3.47. The Morgan fingerprint density at radius 2 is 1.95 bits per heavy atom. The molecule has 6 nitrogen and oxygen atoms in total. The molecule has 0 aromatic heterocycles. The summed E-state index contributed by atoms with van der Waals surface area (Å²) in [6.45, 7) is 2.94. The van der Waals surface area contributed by atoms with Gasteiger partial charge in [0, 0.05) is 0 Å². The van der Waals surface area contributed by atoms with E-state index in [1.807, 2.05) is 30.3 Å². The number of esters is 2. The summed E-state index contributed by atoms with van der Waals surface area (Å²) in [7, 11) is 0. The zero-order valence-corrected chi connectivity index (χ0v) is 11.7. The lowest BCUT2D eigenvalue weighted by Crippen LogP contribution is -2.45. The quantitative estimate of drug-likeness (QED) is 0.665. The Morgan fingerprint density at radius 3 is 2.62 bits per heavy atom. The molecule has 1 saturated heterocycles. The minimum absolute atomic E-state index is 0.0104. The summed E-state index contributed by atoms with van der Waals surface area (Å²) in [5, 5.41) is 2.36. The van der Waals surface area contributed by atoms with E-state index in [1.54, 1.807) is 0 Å². The fraction of sp³-hybridized carbons (Fsp3) is 0.267. The van der Waals surface area contributed by atoms with E-state index in [2.05, 4.69) is 5.32 Å². The Hall–Kier alpha value is -2.63. The average Bonchev–Trinajstić information content (AvgIpc) is 2.49. The highest BCUT2D eigenvalue weighted by Crippen LogP contribution is 2.13. The fourth-order valence-electron chi connectivity index (χ4n) is 1.73. The Morgan fingerprint density at radius 1 is 1.29 bits per heavy atom. The van der Waals surface area contributed by atoms with Crippen LogP contribution in [0, 0.1) is 0 Å². The van der Waals surface area contributed by atoms with Crippen LogP contribution in [0.2, 0.25) is 0 Å². The van der Waals surface area contributed by atoms with Crippen LogP contribution in [-0.2, 0) is 30.5 Å². The van der Waals surface area contributed by atoms with Crippen LogP contribution in [-0.4, -0.2) is 23.9 Å². The van der Waals surface area contributed by atoms with Gasteiger partial charge < -0.3 is 14.8 Å². The van der Waals surface area contributed by atoms with Crippen molar-refractivity contribution in [2.45, 2.75) is 26.6 Å². The lowest BCUT2D eigenvalue weighted by molar-refractivity contribution is -0.156. The molecular weight excluding hydrogens is 274 g/mol. The molecule has 1 amide bonds. The maximum Gasteiger partial charge on any atom is 0.356 e. The van der Waals surface area contributed by atoms with Crippen LogP contribution in [0.4, 0.5) is 0 Å². The maximum atomic E-state index is 11.9. The first-order valence-electron chi connectivity index (χ1n) is 6.43. The monoisotopic (exact) mass is 289 g/mol. The Labute approximate surface area is 121 Å². The first kappa shape index (κ1) is 14.8. The predicted octanol–water partition coefficient (Wildman–Crippen LogP) is 1.07.